The number of hydrogen-bond acceptors (Lipinski definition) is 2. The molecule has 1 atom stereocenters. The predicted octanol–water partition coefficient (Wildman–Crippen LogP) is 2.96. The minimum atomic E-state index is -0.375. The third kappa shape index (κ3) is 2.09. The van der Waals surface area contributed by atoms with Gasteiger partial charge >= 0.3 is 0 Å². The second kappa shape index (κ2) is 5.03. The molecule has 1 aliphatic heterocycles. The lowest BCUT2D eigenvalue weighted by atomic mass is 9.88. The van der Waals surface area contributed by atoms with Crippen molar-refractivity contribution in [3.63, 3.8) is 0 Å². The molecule has 3 nitrogen and oxygen atoms in total. The Hall–Kier alpha value is -0.840. The van der Waals surface area contributed by atoms with Crippen molar-refractivity contribution in [3.8, 4) is 0 Å². The van der Waals surface area contributed by atoms with Gasteiger partial charge in [-0.25, -0.2) is 0 Å². The quantitative estimate of drug-likeness (QED) is 0.799. The Kier molecular flexibility index (Phi) is 3.41. The molecule has 0 aliphatic carbocycles. The summed E-state index contributed by atoms with van der Waals surface area (Å²) in [5, 5.41) is 15.0. The highest BCUT2D eigenvalue weighted by molar-refractivity contribution is 9.10. The van der Waals surface area contributed by atoms with Gasteiger partial charge in [-0.3, -0.25) is 0 Å². The summed E-state index contributed by atoms with van der Waals surface area (Å²) in [6, 6.07) is 6.07. The number of aromatic nitrogens is 1. The van der Waals surface area contributed by atoms with E-state index >= 15 is 0 Å². The molecule has 1 unspecified atom stereocenters. The number of aromatic amines is 1. The average molecular weight is 309 g/mol. The number of halogens is 1. The molecule has 4 heteroatoms. The minimum absolute atomic E-state index is 0.359. The van der Waals surface area contributed by atoms with E-state index in [2.05, 4.69) is 26.2 Å². The van der Waals surface area contributed by atoms with Crippen LogP contribution in [-0.2, 0) is 0 Å². The van der Waals surface area contributed by atoms with E-state index in [-0.39, 0.29) is 6.10 Å². The molecule has 18 heavy (non-hydrogen) atoms. The third-order valence-electron chi connectivity index (χ3n) is 3.83. The van der Waals surface area contributed by atoms with E-state index in [4.69, 9.17) is 0 Å². The highest BCUT2D eigenvalue weighted by atomic mass is 79.9. The number of rotatable bonds is 2. The molecule has 3 rings (SSSR count). The number of nitrogens with one attached hydrogen (secondary N) is 2. The van der Waals surface area contributed by atoms with E-state index < -0.39 is 0 Å². The fourth-order valence-electron chi connectivity index (χ4n) is 2.81. The number of aliphatic hydroxyl groups excluding tert-OH is 1. The van der Waals surface area contributed by atoms with Crippen molar-refractivity contribution >= 4 is 26.8 Å². The van der Waals surface area contributed by atoms with Crippen molar-refractivity contribution in [2.45, 2.75) is 18.9 Å². The van der Waals surface area contributed by atoms with Crippen LogP contribution in [0.25, 0.3) is 10.9 Å². The van der Waals surface area contributed by atoms with Crippen molar-refractivity contribution in [2.24, 2.45) is 5.92 Å². The van der Waals surface area contributed by atoms with Crippen molar-refractivity contribution < 1.29 is 5.11 Å². The maximum absolute atomic E-state index is 10.6. The molecule has 0 bridgehead atoms. The van der Waals surface area contributed by atoms with Crippen LogP contribution in [0.4, 0.5) is 0 Å². The van der Waals surface area contributed by atoms with Crippen LogP contribution in [-0.4, -0.2) is 23.2 Å². The molecule has 0 spiro atoms. The minimum Gasteiger partial charge on any atom is -0.388 e. The van der Waals surface area contributed by atoms with Gasteiger partial charge in [0.15, 0.2) is 0 Å². The van der Waals surface area contributed by atoms with Crippen LogP contribution < -0.4 is 5.32 Å². The van der Waals surface area contributed by atoms with Crippen molar-refractivity contribution in [1.29, 1.82) is 0 Å². The van der Waals surface area contributed by atoms with Gasteiger partial charge in [-0.15, -0.1) is 0 Å². The molecular weight excluding hydrogens is 292 g/mol. The Morgan fingerprint density at radius 2 is 2.06 bits per heavy atom. The summed E-state index contributed by atoms with van der Waals surface area (Å²) in [6.45, 7) is 2.01. The lowest BCUT2D eigenvalue weighted by Crippen LogP contribution is -2.30. The van der Waals surface area contributed by atoms with E-state index in [1.54, 1.807) is 0 Å². The Balaban J connectivity index is 1.98. The monoisotopic (exact) mass is 308 g/mol. The Morgan fingerprint density at radius 3 is 2.83 bits per heavy atom. The number of hydrogen-bond donors (Lipinski definition) is 3. The van der Waals surface area contributed by atoms with Gasteiger partial charge in [0, 0.05) is 27.1 Å². The summed E-state index contributed by atoms with van der Waals surface area (Å²) < 4.78 is 1.05. The van der Waals surface area contributed by atoms with E-state index in [9.17, 15) is 5.11 Å². The molecule has 2 heterocycles. The second-order valence-electron chi connectivity index (χ2n) is 4.94. The zero-order chi connectivity index (χ0) is 12.5. The maximum Gasteiger partial charge on any atom is 0.0840 e. The molecular formula is C14H17BrN2O. The zero-order valence-electron chi connectivity index (χ0n) is 10.1. The average Bonchev–Trinajstić information content (AvgIpc) is 2.84. The second-order valence-corrected chi connectivity index (χ2v) is 5.79. The number of fused-ring (bicyclic) bond motifs is 1. The number of aliphatic hydroxyl groups is 1. The standard InChI is InChI=1S/C14H17BrN2O/c15-11-2-1-3-12-13(11)10(8-17-12)14(18)9-4-6-16-7-5-9/h1-3,8-9,14,16-18H,4-7H2. The summed E-state index contributed by atoms with van der Waals surface area (Å²) in [5.74, 6) is 0.359. The normalized spacial score (nSPS) is 19.2. The van der Waals surface area contributed by atoms with Gasteiger partial charge in [-0.05, 0) is 44.0 Å². The molecule has 0 amide bonds. The summed E-state index contributed by atoms with van der Waals surface area (Å²) in [4.78, 5) is 3.24. The summed E-state index contributed by atoms with van der Waals surface area (Å²) >= 11 is 3.58. The summed E-state index contributed by atoms with van der Waals surface area (Å²) in [5.41, 5.74) is 2.09. The molecule has 1 saturated heterocycles. The van der Waals surface area contributed by atoms with Gasteiger partial charge in [0.25, 0.3) is 0 Å². The SMILES string of the molecule is OC(c1c[nH]c2cccc(Br)c12)C1CCNCC1. The van der Waals surface area contributed by atoms with Crippen molar-refractivity contribution in [1.82, 2.24) is 10.3 Å². The Morgan fingerprint density at radius 1 is 1.28 bits per heavy atom. The molecule has 3 N–H and O–H groups in total. The highest BCUT2D eigenvalue weighted by Crippen LogP contribution is 2.36. The molecule has 96 valence electrons. The smallest absolute Gasteiger partial charge is 0.0840 e. The first kappa shape index (κ1) is 12.2. The Labute approximate surface area is 115 Å². The molecule has 0 saturated carbocycles. The first-order valence-corrected chi connectivity index (χ1v) is 7.21. The van der Waals surface area contributed by atoms with Crippen LogP contribution in [0, 0.1) is 5.92 Å². The molecule has 1 aliphatic rings. The largest absolute Gasteiger partial charge is 0.388 e. The van der Waals surface area contributed by atoms with Crippen LogP contribution in [0.2, 0.25) is 0 Å². The molecule has 2 aromatic rings. The lowest BCUT2D eigenvalue weighted by Gasteiger charge is -2.27. The number of piperidine rings is 1. The van der Waals surface area contributed by atoms with E-state index in [1.807, 2.05) is 24.4 Å². The van der Waals surface area contributed by atoms with E-state index in [1.165, 1.54) is 0 Å². The first-order chi connectivity index (χ1) is 8.77. The van der Waals surface area contributed by atoms with Gasteiger partial charge in [-0.1, -0.05) is 22.0 Å². The highest BCUT2D eigenvalue weighted by Gasteiger charge is 2.25. The van der Waals surface area contributed by atoms with Crippen LogP contribution in [0.15, 0.2) is 28.9 Å². The first-order valence-electron chi connectivity index (χ1n) is 6.41. The van der Waals surface area contributed by atoms with Gasteiger partial charge < -0.3 is 15.4 Å². The fourth-order valence-corrected chi connectivity index (χ4v) is 3.41. The van der Waals surface area contributed by atoms with E-state index in [0.29, 0.717) is 5.92 Å². The summed E-state index contributed by atoms with van der Waals surface area (Å²) in [7, 11) is 0. The molecule has 1 fully saturated rings. The van der Waals surface area contributed by atoms with Gasteiger partial charge in [-0.2, -0.15) is 0 Å². The van der Waals surface area contributed by atoms with Crippen molar-refractivity contribution in [2.75, 3.05) is 13.1 Å². The number of H-pyrrole nitrogens is 1. The molecule has 1 aromatic heterocycles. The van der Waals surface area contributed by atoms with Crippen LogP contribution >= 0.6 is 15.9 Å². The van der Waals surface area contributed by atoms with Crippen LogP contribution in [0.3, 0.4) is 0 Å². The predicted molar refractivity (Wildman–Crippen MR) is 76.6 cm³/mol. The maximum atomic E-state index is 10.6. The third-order valence-corrected chi connectivity index (χ3v) is 4.50. The van der Waals surface area contributed by atoms with E-state index in [0.717, 1.165) is 46.9 Å². The van der Waals surface area contributed by atoms with Crippen LogP contribution in [0.5, 0.6) is 0 Å². The molecule has 1 aromatic carbocycles. The zero-order valence-corrected chi connectivity index (χ0v) is 11.7. The van der Waals surface area contributed by atoms with Crippen molar-refractivity contribution in [3.05, 3.63) is 34.4 Å². The topological polar surface area (TPSA) is 48.0 Å². The number of benzene rings is 1. The summed E-state index contributed by atoms with van der Waals surface area (Å²) in [6.07, 6.45) is 3.65. The molecule has 0 radical (unpaired) electrons. The van der Waals surface area contributed by atoms with Gasteiger partial charge in [0.2, 0.25) is 0 Å². The van der Waals surface area contributed by atoms with Crippen LogP contribution in [0.1, 0.15) is 24.5 Å². The van der Waals surface area contributed by atoms with Gasteiger partial charge in [0.1, 0.15) is 0 Å². The fraction of sp³-hybridized carbons (Fsp3) is 0.429. The Bertz CT molecular complexity index is 546. The van der Waals surface area contributed by atoms with Gasteiger partial charge in [0.05, 0.1) is 6.10 Å². The lowest BCUT2D eigenvalue weighted by molar-refractivity contribution is 0.0902.